The first-order valence-corrected chi connectivity index (χ1v) is 12.7. The summed E-state index contributed by atoms with van der Waals surface area (Å²) in [5.74, 6) is 1.55. The second-order valence-electron chi connectivity index (χ2n) is 9.31. The van der Waals surface area contributed by atoms with Crippen LogP contribution in [0.15, 0.2) is 54.6 Å². The van der Waals surface area contributed by atoms with Crippen molar-refractivity contribution in [3.05, 3.63) is 82.4 Å². The summed E-state index contributed by atoms with van der Waals surface area (Å²) in [6.07, 6.45) is 3.61. The van der Waals surface area contributed by atoms with E-state index >= 15 is 0 Å². The molecule has 36 heavy (non-hydrogen) atoms. The highest BCUT2D eigenvalue weighted by molar-refractivity contribution is 6.30. The number of aromatic nitrogens is 2. The molecule has 1 N–H and O–H groups in total. The van der Waals surface area contributed by atoms with Crippen LogP contribution in [-0.4, -0.2) is 40.6 Å². The van der Waals surface area contributed by atoms with Crippen LogP contribution in [0.4, 0.5) is 8.78 Å². The maximum atomic E-state index is 13.2. The van der Waals surface area contributed by atoms with E-state index < -0.39 is 12.7 Å². The van der Waals surface area contributed by atoms with Crippen molar-refractivity contribution in [2.24, 2.45) is 0 Å². The number of carbonyl (C=O) groups is 1. The SMILES string of the molecule is CNC(=O)[C@@H](c1ccccc1)N1CCn2c(C3CC3)nc(Cl)c2[C@@H]1CCc1ccc(OC(F)F)cc1. The van der Waals surface area contributed by atoms with Gasteiger partial charge in [-0.2, -0.15) is 8.78 Å². The highest BCUT2D eigenvalue weighted by atomic mass is 35.5. The van der Waals surface area contributed by atoms with Crippen LogP contribution in [0.3, 0.4) is 0 Å². The summed E-state index contributed by atoms with van der Waals surface area (Å²) in [5.41, 5.74) is 2.86. The lowest BCUT2D eigenvalue weighted by atomic mass is 9.95. The van der Waals surface area contributed by atoms with E-state index in [-0.39, 0.29) is 17.7 Å². The number of benzene rings is 2. The molecule has 2 atom stereocenters. The molecule has 1 aliphatic carbocycles. The van der Waals surface area contributed by atoms with Crippen LogP contribution in [0.2, 0.25) is 5.15 Å². The Bertz CT molecular complexity index is 1200. The number of nitrogens with zero attached hydrogens (tertiary/aromatic N) is 3. The third kappa shape index (κ3) is 5.11. The molecule has 2 aromatic carbocycles. The van der Waals surface area contributed by atoms with Gasteiger partial charge in [-0.05, 0) is 48.9 Å². The van der Waals surface area contributed by atoms with E-state index in [4.69, 9.17) is 16.6 Å². The van der Waals surface area contributed by atoms with E-state index in [9.17, 15) is 13.6 Å². The highest BCUT2D eigenvalue weighted by Crippen LogP contribution is 2.46. The molecule has 3 aromatic rings. The summed E-state index contributed by atoms with van der Waals surface area (Å²) in [7, 11) is 1.66. The molecule has 6 nitrogen and oxygen atoms in total. The Kier molecular flexibility index (Phi) is 7.25. The number of ether oxygens (including phenoxy) is 1. The Labute approximate surface area is 214 Å². The Morgan fingerprint density at radius 3 is 2.50 bits per heavy atom. The van der Waals surface area contributed by atoms with Gasteiger partial charge < -0.3 is 14.6 Å². The standard InChI is InChI=1S/C27H29ClF2N4O2/c1-31-26(35)22(18-5-3-2-4-6-18)33-15-16-34-23(24(28)32-25(34)19-10-11-19)21(33)14-9-17-7-12-20(13-8-17)36-27(29)30/h2-8,12-13,19,21-22,27H,9-11,14-16H2,1H3,(H,31,35)/t21-,22+/m0/s1. The second-order valence-corrected chi connectivity index (χ2v) is 9.67. The van der Waals surface area contributed by atoms with Gasteiger partial charge in [-0.25, -0.2) is 4.98 Å². The molecule has 1 saturated carbocycles. The number of rotatable bonds is 9. The molecule has 9 heteroatoms. The van der Waals surface area contributed by atoms with Gasteiger partial charge in [-0.15, -0.1) is 0 Å². The first-order chi connectivity index (χ1) is 17.5. The van der Waals surface area contributed by atoms with Crippen molar-refractivity contribution in [3.63, 3.8) is 0 Å². The van der Waals surface area contributed by atoms with Crippen molar-refractivity contribution < 1.29 is 18.3 Å². The number of carbonyl (C=O) groups excluding carboxylic acids is 1. The van der Waals surface area contributed by atoms with E-state index in [1.165, 1.54) is 0 Å². The molecule has 0 spiro atoms. The fourth-order valence-corrected chi connectivity index (χ4v) is 5.52. The lowest BCUT2D eigenvalue weighted by Gasteiger charge is -2.41. The average Bonchev–Trinajstić information content (AvgIpc) is 3.67. The molecule has 1 fully saturated rings. The molecule has 1 aliphatic heterocycles. The van der Waals surface area contributed by atoms with E-state index in [0.29, 0.717) is 30.5 Å². The number of imidazole rings is 1. The van der Waals surface area contributed by atoms with E-state index in [2.05, 4.69) is 19.5 Å². The molecule has 1 amide bonds. The van der Waals surface area contributed by atoms with Gasteiger partial charge in [0.15, 0.2) is 5.15 Å². The largest absolute Gasteiger partial charge is 0.435 e. The van der Waals surface area contributed by atoms with Crippen LogP contribution in [0.1, 0.15) is 59.9 Å². The normalized spacial score (nSPS) is 18.6. The number of halogens is 3. The van der Waals surface area contributed by atoms with Crippen molar-refractivity contribution in [1.82, 2.24) is 19.8 Å². The number of hydrogen-bond acceptors (Lipinski definition) is 4. The van der Waals surface area contributed by atoms with Gasteiger partial charge in [0.25, 0.3) is 0 Å². The Morgan fingerprint density at radius 1 is 1.14 bits per heavy atom. The van der Waals surface area contributed by atoms with Crippen molar-refractivity contribution in [3.8, 4) is 5.75 Å². The van der Waals surface area contributed by atoms with Crippen molar-refractivity contribution in [2.45, 2.75) is 56.8 Å². The van der Waals surface area contributed by atoms with Crippen LogP contribution in [0.5, 0.6) is 5.75 Å². The number of likely N-dealkylation sites (N-methyl/N-ethyl adjacent to an activating group) is 1. The fraction of sp³-hybridized carbons (Fsp3) is 0.407. The Hall–Kier alpha value is -2.97. The van der Waals surface area contributed by atoms with Gasteiger partial charge in [-0.1, -0.05) is 54.1 Å². The zero-order valence-corrected chi connectivity index (χ0v) is 20.8. The molecule has 0 saturated heterocycles. The summed E-state index contributed by atoms with van der Waals surface area (Å²) in [6, 6.07) is 15.8. The minimum absolute atomic E-state index is 0.0776. The molecule has 0 unspecified atom stereocenters. The topological polar surface area (TPSA) is 59.4 Å². The van der Waals surface area contributed by atoms with Crippen LogP contribution in [0.25, 0.3) is 0 Å². The van der Waals surface area contributed by atoms with Crippen LogP contribution < -0.4 is 10.1 Å². The maximum absolute atomic E-state index is 13.2. The zero-order valence-electron chi connectivity index (χ0n) is 20.0. The highest BCUT2D eigenvalue weighted by Gasteiger charge is 2.41. The number of fused-ring (bicyclic) bond motifs is 1. The zero-order chi connectivity index (χ0) is 25.2. The molecule has 0 bridgehead atoms. The van der Waals surface area contributed by atoms with Crippen LogP contribution in [-0.2, 0) is 17.8 Å². The lowest BCUT2D eigenvalue weighted by Crippen LogP contribution is -2.46. The Morgan fingerprint density at radius 2 is 1.86 bits per heavy atom. The van der Waals surface area contributed by atoms with Gasteiger partial charge in [0.2, 0.25) is 5.91 Å². The van der Waals surface area contributed by atoms with E-state index in [1.807, 2.05) is 30.3 Å². The van der Waals surface area contributed by atoms with Gasteiger partial charge in [0.05, 0.1) is 11.7 Å². The summed E-state index contributed by atoms with van der Waals surface area (Å²) < 4.78 is 31.8. The molecule has 0 radical (unpaired) electrons. The monoisotopic (exact) mass is 514 g/mol. The number of amides is 1. The molecule has 190 valence electrons. The number of aryl methyl sites for hydroxylation is 1. The molecule has 5 rings (SSSR count). The molecule has 2 aliphatic rings. The number of nitrogens with one attached hydrogen (secondary N) is 1. The van der Waals surface area contributed by atoms with Gasteiger partial charge >= 0.3 is 6.61 Å². The van der Waals surface area contributed by atoms with Gasteiger partial charge in [0.1, 0.15) is 17.6 Å². The first-order valence-electron chi connectivity index (χ1n) is 12.3. The van der Waals surface area contributed by atoms with Gasteiger partial charge in [-0.3, -0.25) is 9.69 Å². The van der Waals surface area contributed by atoms with Gasteiger partial charge in [0, 0.05) is 26.1 Å². The second kappa shape index (κ2) is 10.6. The predicted octanol–water partition coefficient (Wildman–Crippen LogP) is 5.49. The van der Waals surface area contributed by atoms with E-state index in [1.54, 1.807) is 31.3 Å². The molecular weight excluding hydrogens is 486 g/mol. The summed E-state index contributed by atoms with van der Waals surface area (Å²) >= 11 is 6.76. The van der Waals surface area contributed by atoms with Crippen LogP contribution >= 0.6 is 11.6 Å². The summed E-state index contributed by atoms with van der Waals surface area (Å²) in [5, 5.41) is 3.33. The minimum Gasteiger partial charge on any atom is -0.435 e. The molecule has 2 heterocycles. The fourth-order valence-electron chi connectivity index (χ4n) is 5.20. The maximum Gasteiger partial charge on any atom is 0.387 e. The smallest absolute Gasteiger partial charge is 0.387 e. The molecular formula is C27H29ClF2N4O2. The average molecular weight is 515 g/mol. The first kappa shape index (κ1) is 24.7. The number of alkyl halides is 2. The predicted molar refractivity (Wildman–Crippen MR) is 133 cm³/mol. The van der Waals surface area contributed by atoms with Crippen molar-refractivity contribution >= 4 is 17.5 Å². The number of hydrogen-bond donors (Lipinski definition) is 1. The lowest BCUT2D eigenvalue weighted by molar-refractivity contribution is -0.128. The van der Waals surface area contributed by atoms with Crippen molar-refractivity contribution in [2.75, 3.05) is 13.6 Å². The Balaban J connectivity index is 1.48. The summed E-state index contributed by atoms with van der Waals surface area (Å²) in [6.45, 7) is -1.45. The molecule has 1 aromatic heterocycles. The van der Waals surface area contributed by atoms with Crippen molar-refractivity contribution in [1.29, 1.82) is 0 Å². The third-order valence-electron chi connectivity index (χ3n) is 7.03. The van der Waals surface area contributed by atoms with E-state index in [0.717, 1.165) is 42.0 Å². The van der Waals surface area contributed by atoms with Crippen LogP contribution in [0, 0.1) is 0 Å². The minimum atomic E-state index is -2.85. The summed E-state index contributed by atoms with van der Waals surface area (Å²) in [4.78, 5) is 20.2. The quantitative estimate of drug-likeness (QED) is 0.410. The third-order valence-corrected chi connectivity index (χ3v) is 7.31.